The van der Waals surface area contributed by atoms with Crippen LogP contribution in [0.4, 0.5) is 11.9 Å². The van der Waals surface area contributed by atoms with Gasteiger partial charge in [-0.2, -0.15) is 0 Å². The predicted octanol–water partition coefficient (Wildman–Crippen LogP) is 2.43. The maximum Gasteiger partial charge on any atom is 0.225 e. The Morgan fingerprint density at radius 2 is 1.07 bits per heavy atom. The Labute approximate surface area is 175 Å². The molecular weight excluding hydrogens is 403 g/mol. The summed E-state index contributed by atoms with van der Waals surface area (Å²) in [7, 11) is 0. The third-order valence-electron chi connectivity index (χ3n) is 4.55. The van der Waals surface area contributed by atoms with Gasteiger partial charge in [-0.15, -0.1) is 0 Å². The van der Waals surface area contributed by atoms with Gasteiger partial charge in [0.05, 0.1) is 60.1 Å². The summed E-state index contributed by atoms with van der Waals surface area (Å²) in [5.41, 5.74) is 0. The zero-order valence-corrected chi connectivity index (χ0v) is 17.6. The first-order chi connectivity index (χ1) is 13.5. The third kappa shape index (κ3) is 5.88. The van der Waals surface area contributed by atoms with Crippen molar-refractivity contribution in [1.82, 2.24) is 19.9 Å². The molecule has 0 spiro atoms. The van der Waals surface area contributed by atoms with Crippen molar-refractivity contribution < 1.29 is 10.2 Å². The zero-order valence-electron chi connectivity index (χ0n) is 16.0. The van der Waals surface area contributed by atoms with E-state index in [0.29, 0.717) is 35.0 Å². The van der Waals surface area contributed by atoms with Gasteiger partial charge in [0.15, 0.2) is 0 Å². The minimum Gasteiger partial charge on any atom is -0.394 e. The Bertz CT molecular complexity index is 635. The fraction of sp³-hybridized carbons (Fsp3) is 0.556. The van der Waals surface area contributed by atoms with E-state index in [0.717, 1.165) is 12.8 Å². The number of hydrogen-bond acceptors (Lipinski definition) is 8. The van der Waals surface area contributed by atoms with Crippen LogP contribution in [0, 0.1) is 0 Å². The number of aliphatic hydroxyl groups excluding tert-OH is 2. The topological polar surface area (TPSA) is 98.5 Å². The minimum absolute atomic E-state index is 0.0306. The second kappa shape index (κ2) is 11.3. The summed E-state index contributed by atoms with van der Waals surface area (Å²) in [4.78, 5) is 21.1. The quantitative estimate of drug-likeness (QED) is 0.562. The standard InChI is InChI=1S/C18H26Cl2N6O2/c1-3-15(11-27)25(17-21-7-13(19)8-22-17)5-6-26(16(4-2)12-28)18-23-9-14(20)10-24-18/h7-10,15-16,27-28H,3-6,11-12H2,1-2H3. The molecule has 10 heteroatoms. The summed E-state index contributed by atoms with van der Waals surface area (Å²) in [6.45, 7) is 4.93. The van der Waals surface area contributed by atoms with E-state index in [-0.39, 0.29) is 25.3 Å². The summed E-state index contributed by atoms with van der Waals surface area (Å²) in [6.07, 6.45) is 7.56. The van der Waals surface area contributed by atoms with Crippen LogP contribution in [0.2, 0.25) is 10.0 Å². The van der Waals surface area contributed by atoms with Crippen molar-refractivity contribution in [3.63, 3.8) is 0 Å². The van der Waals surface area contributed by atoms with E-state index >= 15 is 0 Å². The molecule has 2 N–H and O–H groups in total. The number of hydrogen-bond donors (Lipinski definition) is 2. The average molecular weight is 429 g/mol. The molecule has 0 fully saturated rings. The molecule has 2 aromatic heterocycles. The Kier molecular flexibility index (Phi) is 9.11. The molecule has 2 heterocycles. The molecule has 0 aliphatic rings. The van der Waals surface area contributed by atoms with E-state index < -0.39 is 0 Å². The van der Waals surface area contributed by atoms with Crippen LogP contribution in [0.15, 0.2) is 24.8 Å². The Morgan fingerprint density at radius 1 is 0.750 bits per heavy atom. The first kappa shape index (κ1) is 22.5. The van der Waals surface area contributed by atoms with Crippen LogP contribution < -0.4 is 9.80 Å². The first-order valence-corrected chi connectivity index (χ1v) is 9.99. The lowest BCUT2D eigenvalue weighted by atomic mass is 10.2. The SMILES string of the molecule is CCC(CO)N(CCN(c1ncc(Cl)cn1)C(CC)CO)c1ncc(Cl)cn1. The highest BCUT2D eigenvalue weighted by Crippen LogP contribution is 2.19. The number of nitrogens with zero attached hydrogens (tertiary/aromatic N) is 6. The number of halogens is 2. The first-order valence-electron chi connectivity index (χ1n) is 9.24. The van der Waals surface area contributed by atoms with Crippen molar-refractivity contribution >= 4 is 35.1 Å². The van der Waals surface area contributed by atoms with Crippen molar-refractivity contribution in [3.8, 4) is 0 Å². The van der Waals surface area contributed by atoms with Crippen LogP contribution in [-0.2, 0) is 0 Å². The Hall–Kier alpha value is -1.74. The van der Waals surface area contributed by atoms with Gasteiger partial charge in [-0.05, 0) is 12.8 Å². The third-order valence-corrected chi connectivity index (χ3v) is 4.94. The van der Waals surface area contributed by atoms with Crippen LogP contribution in [0.1, 0.15) is 26.7 Å². The zero-order chi connectivity index (χ0) is 20.5. The van der Waals surface area contributed by atoms with Crippen LogP contribution in [0.3, 0.4) is 0 Å². The van der Waals surface area contributed by atoms with Crippen molar-refractivity contribution in [3.05, 3.63) is 34.8 Å². The number of anilines is 2. The summed E-state index contributed by atoms with van der Waals surface area (Å²) in [5, 5.41) is 20.5. The highest BCUT2D eigenvalue weighted by Gasteiger charge is 2.24. The largest absolute Gasteiger partial charge is 0.394 e. The molecule has 8 nitrogen and oxygen atoms in total. The highest BCUT2D eigenvalue weighted by atomic mass is 35.5. The van der Waals surface area contributed by atoms with Gasteiger partial charge in [0.25, 0.3) is 0 Å². The number of aliphatic hydroxyl groups is 2. The average Bonchev–Trinajstić information content (AvgIpc) is 2.72. The van der Waals surface area contributed by atoms with Crippen molar-refractivity contribution in [2.75, 3.05) is 36.1 Å². The molecule has 0 bridgehead atoms. The minimum atomic E-state index is -0.150. The van der Waals surface area contributed by atoms with Crippen LogP contribution in [-0.4, -0.2) is 68.5 Å². The van der Waals surface area contributed by atoms with E-state index in [1.165, 1.54) is 24.8 Å². The second-order valence-electron chi connectivity index (χ2n) is 6.28. The molecule has 0 radical (unpaired) electrons. The van der Waals surface area contributed by atoms with E-state index in [9.17, 15) is 10.2 Å². The van der Waals surface area contributed by atoms with E-state index in [1.807, 2.05) is 23.6 Å². The normalized spacial score (nSPS) is 13.2. The molecule has 0 saturated heterocycles. The van der Waals surface area contributed by atoms with Crippen LogP contribution >= 0.6 is 23.2 Å². The maximum atomic E-state index is 9.81. The van der Waals surface area contributed by atoms with Gasteiger partial charge in [0.1, 0.15) is 0 Å². The van der Waals surface area contributed by atoms with Crippen molar-refractivity contribution in [2.45, 2.75) is 38.8 Å². The molecular formula is C18H26Cl2N6O2. The molecule has 0 amide bonds. The second-order valence-corrected chi connectivity index (χ2v) is 7.15. The van der Waals surface area contributed by atoms with E-state index in [4.69, 9.17) is 23.2 Å². The molecule has 0 aromatic carbocycles. The van der Waals surface area contributed by atoms with Gasteiger partial charge in [-0.3, -0.25) is 0 Å². The van der Waals surface area contributed by atoms with Crippen molar-refractivity contribution in [1.29, 1.82) is 0 Å². The van der Waals surface area contributed by atoms with Gasteiger partial charge in [-0.1, -0.05) is 37.0 Å². The lowest BCUT2D eigenvalue weighted by molar-refractivity contribution is 0.248. The summed E-state index contributed by atoms with van der Waals surface area (Å²) >= 11 is 11.8. The Morgan fingerprint density at radius 3 is 1.32 bits per heavy atom. The van der Waals surface area contributed by atoms with E-state index in [1.54, 1.807) is 0 Å². The van der Waals surface area contributed by atoms with Crippen LogP contribution in [0.25, 0.3) is 0 Å². The summed E-state index contributed by atoms with van der Waals surface area (Å²) in [5.74, 6) is 0.971. The van der Waals surface area contributed by atoms with Gasteiger partial charge in [-0.25, -0.2) is 19.9 Å². The van der Waals surface area contributed by atoms with Gasteiger partial charge >= 0.3 is 0 Å². The fourth-order valence-electron chi connectivity index (χ4n) is 2.91. The monoisotopic (exact) mass is 428 g/mol. The number of rotatable bonds is 11. The lowest BCUT2D eigenvalue weighted by Crippen LogP contribution is -2.47. The van der Waals surface area contributed by atoms with Gasteiger partial charge in [0, 0.05) is 13.1 Å². The maximum absolute atomic E-state index is 9.81. The summed E-state index contributed by atoms with van der Waals surface area (Å²) in [6, 6.07) is -0.299. The highest BCUT2D eigenvalue weighted by molar-refractivity contribution is 6.30. The van der Waals surface area contributed by atoms with Gasteiger partial charge < -0.3 is 20.0 Å². The number of aromatic nitrogens is 4. The molecule has 28 heavy (non-hydrogen) atoms. The molecule has 2 rings (SSSR count). The van der Waals surface area contributed by atoms with Crippen molar-refractivity contribution in [2.24, 2.45) is 0 Å². The Balaban J connectivity index is 2.26. The molecule has 0 aliphatic heterocycles. The molecule has 2 atom stereocenters. The summed E-state index contributed by atoms with van der Waals surface area (Å²) < 4.78 is 0. The lowest BCUT2D eigenvalue weighted by Gasteiger charge is -2.35. The molecule has 154 valence electrons. The molecule has 2 aromatic rings. The molecule has 2 unspecified atom stereocenters. The van der Waals surface area contributed by atoms with Gasteiger partial charge in [0.2, 0.25) is 11.9 Å². The smallest absolute Gasteiger partial charge is 0.225 e. The molecule has 0 saturated carbocycles. The van der Waals surface area contributed by atoms with E-state index in [2.05, 4.69) is 19.9 Å². The molecule has 0 aliphatic carbocycles. The fourth-order valence-corrected chi connectivity index (χ4v) is 3.11. The van der Waals surface area contributed by atoms with Crippen LogP contribution in [0.5, 0.6) is 0 Å². The predicted molar refractivity (Wildman–Crippen MR) is 111 cm³/mol.